The van der Waals surface area contributed by atoms with Crippen LogP contribution in [0, 0.1) is 0 Å². The van der Waals surface area contributed by atoms with E-state index < -0.39 is 49.0 Å². The molecule has 0 saturated carbocycles. The second kappa shape index (κ2) is 55.6. The van der Waals surface area contributed by atoms with Crippen LogP contribution in [0.5, 0.6) is 0 Å². The third-order valence-electron chi connectivity index (χ3n) is 20.2. The number of Topliss-reactive ketones (excluding diaryl/α,β-unsaturated/α-hetero) is 1. The molecule has 1 saturated heterocycles. The normalized spacial score (nSPS) is 16.9. The van der Waals surface area contributed by atoms with Gasteiger partial charge in [-0.2, -0.15) is 0 Å². The molecule has 0 radical (unpaired) electrons. The van der Waals surface area contributed by atoms with Gasteiger partial charge < -0.3 is 43.2 Å². The molecule has 0 aromatic heterocycles. The van der Waals surface area contributed by atoms with Crippen LogP contribution in [0.15, 0.2) is 182 Å². The monoisotopic (exact) mass is 1410 g/mol. The first kappa shape index (κ1) is 84.4. The number of amides is 1. The molecule has 566 valence electrons. The highest BCUT2D eigenvalue weighted by Crippen LogP contribution is 2.33. The molecule has 1 N–H and O–H groups in total. The molecule has 6 aromatic carbocycles. The molecular weight excluding hydrogens is 1280 g/mol. The fourth-order valence-electron chi connectivity index (χ4n) is 14.1. The molecule has 8 atom stereocenters. The summed E-state index contributed by atoms with van der Waals surface area (Å²) in [6.45, 7) is 6.63. The molecular formula is C92H133NO10. The van der Waals surface area contributed by atoms with Crippen molar-refractivity contribution in [2.45, 2.75) is 334 Å². The third kappa shape index (κ3) is 37.3. The lowest BCUT2D eigenvalue weighted by atomic mass is 9.97. The van der Waals surface area contributed by atoms with Gasteiger partial charge in [-0.3, -0.25) is 9.59 Å². The molecule has 0 spiro atoms. The van der Waals surface area contributed by atoms with Crippen LogP contribution in [0.3, 0.4) is 0 Å². The molecule has 1 heterocycles. The molecule has 1 amide bonds. The summed E-state index contributed by atoms with van der Waals surface area (Å²) in [4.78, 5) is 27.5. The highest BCUT2D eigenvalue weighted by Gasteiger charge is 2.50. The minimum atomic E-state index is -1.02. The van der Waals surface area contributed by atoms with Crippen LogP contribution in [-0.4, -0.2) is 73.9 Å². The summed E-state index contributed by atoms with van der Waals surface area (Å²) in [6, 6.07) is 60.7. The Morgan fingerprint density at radius 2 is 0.680 bits per heavy atom. The zero-order chi connectivity index (χ0) is 71.9. The lowest BCUT2D eigenvalue weighted by Crippen LogP contribution is -2.62. The van der Waals surface area contributed by atoms with Gasteiger partial charge in [0.2, 0.25) is 5.91 Å². The van der Waals surface area contributed by atoms with Crippen LogP contribution >= 0.6 is 0 Å². The molecule has 0 aliphatic carbocycles. The van der Waals surface area contributed by atoms with E-state index in [0.717, 1.165) is 117 Å². The van der Waals surface area contributed by atoms with E-state index >= 15 is 0 Å². The number of carbonyl (C=O) groups is 2. The van der Waals surface area contributed by atoms with Crippen molar-refractivity contribution in [1.82, 2.24) is 5.32 Å². The second-order valence-corrected chi connectivity index (χ2v) is 29.1. The van der Waals surface area contributed by atoms with Gasteiger partial charge in [0.15, 0.2) is 6.29 Å². The van der Waals surface area contributed by atoms with Crippen LogP contribution in [0.1, 0.15) is 278 Å². The highest BCUT2D eigenvalue weighted by atomic mass is 16.7. The number of hydrogen-bond acceptors (Lipinski definition) is 10. The molecule has 0 unspecified atom stereocenters. The van der Waals surface area contributed by atoms with E-state index in [4.69, 9.17) is 37.9 Å². The molecule has 1 fully saturated rings. The standard InChI is InChI=1S/C92H133NO10/c1-3-5-7-9-11-13-15-16-21-25-29-51-67-85(97-70-78-55-39-32-40-56-78)88(98-71-79-57-41-33-42-58-79)84(93-87(95)68-52-30-26-22-18-17-20-24-28-50-66-83(94)65-49-27-23-19-14-12-10-8-6-4-2)75-102-92-91(101-74-82-63-47-36-48-64-82)90(100-73-81-61-45-35-46-62-81)89(99-72-80-59-43-34-44-60-80)86(103-92)76-96-69-77-53-37-31-38-54-77/h31-48,53-64,84-86,88-92H,3-30,49-52,65-76H2,1-2H3,(H,93,95)/t84-,85+,86+,88-,89-,90-,91+,92-/m0/s1. The average Bonchev–Trinajstić information content (AvgIpc) is 0.795. The van der Waals surface area contributed by atoms with Crippen molar-refractivity contribution in [1.29, 1.82) is 0 Å². The van der Waals surface area contributed by atoms with E-state index in [2.05, 4.69) is 104 Å². The van der Waals surface area contributed by atoms with E-state index in [1.807, 2.05) is 97.1 Å². The zero-order valence-corrected chi connectivity index (χ0v) is 63.6. The first-order valence-electron chi connectivity index (χ1n) is 40.9. The van der Waals surface area contributed by atoms with Crippen molar-refractivity contribution in [2.24, 2.45) is 0 Å². The van der Waals surface area contributed by atoms with Crippen LogP contribution in [0.4, 0.5) is 0 Å². The summed E-state index contributed by atoms with van der Waals surface area (Å²) in [5.74, 6) is 0.402. The van der Waals surface area contributed by atoms with Crippen LogP contribution in [0.2, 0.25) is 0 Å². The van der Waals surface area contributed by atoms with E-state index in [1.165, 1.54) is 141 Å². The summed E-state index contributed by atoms with van der Waals surface area (Å²) in [7, 11) is 0. The maximum Gasteiger partial charge on any atom is 0.220 e. The topological polar surface area (TPSA) is 120 Å². The summed E-state index contributed by atoms with van der Waals surface area (Å²) < 4.78 is 57.1. The minimum absolute atomic E-state index is 0.0128. The smallest absolute Gasteiger partial charge is 0.220 e. The van der Waals surface area contributed by atoms with E-state index in [-0.39, 0.29) is 32.3 Å². The maximum absolute atomic E-state index is 14.9. The number of rotatable bonds is 62. The van der Waals surface area contributed by atoms with Crippen molar-refractivity contribution >= 4 is 11.7 Å². The Hall–Kier alpha value is -5.86. The summed E-state index contributed by atoms with van der Waals surface area (Å²) >= 11 is 0. The highest BCUT2D eigenvalue weighted by molar-refractivity contribution is 5.78. The van der Waals surface area contributed by atoms with Crippen molar-refractivity contribution in [2.75, 3.05) is 13.2 Å². The van der Waals surface area contributed by atoms with Gasteiger partial charge in [0, 0.05) is 19.3 Å². The molecule has 0 bridgehead atoms. The summed E-state index contributed by atoms with van der Waals surface area (Å²) in [5, 5.41) is 3.56. The first-order chi connectivity index (χ1) is 50.9. The fourth-order valence-corrected chi connectivity index (χ4v) is 14.1. The number of benzene rings is 6. The Bertz CT molecular complexity index is 2960. The van der Waals surface area contributed by atoms with E-state index in [9.17, 15) is 9.59 Å². The molecule has 1 aliphatic heterocycles. The Morgan fingerprint density at radius 1 is 0.350 bits per heavy atom. The third-order valence-corrected chi connectivity index (χ3v) is 20.2. The van der Waals surface area contributed by atoms with Gasteiger partial charge in [0.1, 0.15) is 36.3 Å². The molecule has 11 nitrogen and oxygen atoms in total. The van der Waals surface area contributed by atoms with Gasteiger partial charge >= 0.3 is 0 Å². The molecule has 11 heteroatoms. The second-order valence-electron chi connectivity index (χ2n) is 29.1. The number of ether oxygens (including phenoxy) is 8. The Labute approximate surface area is 623 Å². The van der Waals surface area contributed by atoms with Crippen molar-refractivity contribution in [3.05, 3.63) is 215 Å². The number of nitrogens with one attached hydrogen (secondary N) is 1. The number of hydrogen-bond donors (Lipinski definition) is 1. The molecule has 103 heavy (non-hydrogen) atoms. The van der Waals surface area contributed by atoms with Crippen LogP contribution in [0.25, 0.3) is 0 Å². The fraction of sp³-hybridized carbons (Fsp3) is 0.587. The largest absolute Gasteiger partial charge is 0.374 e. The van der Waals surface area contributed by atoms with Gasteiger partial charge in [0.25, 0.3) is 0 Å². The number of unbranched alkanes of at least 4 members (excludes halogenated alkanes) is 29. The van der Waals surface area contributed by atoms with Crippen LogP contribution in [-0.2, 0) is 87.1 Å². The van der Waals surface area contributed by atoms with Crippen molar-refractivity contribution < 1.29 is 47.5 Å². The predicted molar refractivity (Wildman–Crippen MR) is 420 cm³/mol. The number of carbonyl (C=O) groups excluding carboxylic acids is 2. The Balaban J connectivity index is 1.08. The summed E-state index contributed by atoms with van der Waals surface area (Å²) in [5.41, 5.74) is 6.13. The van der Waals surface area contributed by atoms with Gasteiger partial charge in [0.05, 0.1) is 65.0 Å². The average molecular weight is 1410 g/mol. The Kier molecular flexibility index (Phi) is 45.5. The molecule has 1 aliphatic rings. The molecule has 6 aromatic rings. The quantitative estimate of drug-likeness (QED) is 0.0370. The minimum Gasteiger partial charge on any atom is -0.374 e. The van der Waals surface area contributed by atoms with Gasteiger partial charge in [-0.25, -0.2) is 0 Å². The lowest BCUT2D eigenvalue weighted by Gasteiger charge is -2.46. The predicted octanol–water partition coefficient (Wildman–Crippen LogP) is 23.0. The van der Waals surface area contributed by atoms with E-state index in [1.54, 1.807) is 0 Å². The van der Waals surface area contributed by atoms with Gasteiger partial charge in [-0.15, -0.1) is 0 Å². The first-order valence-corrected chi connectivity index (χ1v) is 40.9. The Morgan fingerprint density at radius 3 is 1.09 bits per heavy atom. The van der Waals surface area contributed by atoms with Crippen molar-refractivity contribution in [3.8, 4) is 0 Å². The zero-order valence-electron chi connectivity index (χ0n) is 63.6. The van der Waals surface area contributed by atoms with Gasteiger partial charge in [-0.1, -0.05) is 382 Å². The molecule has 7 rings (SSSR count). The maximum atomic E-state index is 14.9. The number of ketones is 1. The van der Waals surface area contributed by atoms with Gasteiger partial charge in [-0.05, 0) is 59.1 Å². The van der Waals surface area contributed by atoms with Crippen LogP contribution < -0.4 is 5.32 Å². The van der Waals surface area contributed by atoms with Crippen molar-refractivity contribution in [3.63, 3.8) is 0 Å². The van der Waals surface area contributed by atoms with E-state index in [0.29, 0.717) is 38.6 Å². The lowest BCUT2D eigenvalue weighted by molar-refractivity contribution is -0.330. The summed E-state index contributed by atoms with van der Waals surface area (Å²) in [6.07, 6.45) is 36.5. The SMILES string of the molecule is CCCCCCCCCCCCCC[C@@H](OCc1ccccc1)[C@@H](OCc1ccccc1)[C@H](CO[C@H]1O[C@H](COCc2ccccc2)[C@H](OCc2ccccc2)[C@H](OCc2ccccc2)[C@H]1OCc1ccccc1)NC(=O)CCCCCCCCCCCCC(=O)CCCCCCCCCCCC.